The Kier molecular flexibility index (Phi) is 3.58. The van der Waals surface area contributed by atoms with Crippen LogP contribution in [0.25, 0.3) is 0 Å². The van der Waals surface area contributed by atoms with Crippen molar-refractivity contribution in [2.24, 2.45) is 0 Å². The van der Waals surface area contributed by atoms with Crippen LogP contribution >= 0.6 is 11.3 Å². The Labute approximate surface area is 104 Å². The number of thiophene rings is 1. The lowest BCUT2D eigenvalue weighted by Gasteiger charge is -2.00. The second-order valence-corrected chi connectivity index (χ2v) is 5.06. The van der Waals surface area contributed by atoms with E-state index in [1.165, 1.54) is 10.4 Å². The normalized spacial score (nSPS) is 10.5. The predicted molar refractivity (Wildman–Crippen MR) is 68.2 cm³/mol. The van der Waals surface area contributed by atoms with Gasteiger partial charge in [-0.2, -0.15) is 0 Å². The summed E-state index contributed by atoms with van der Waals surface area (Å²) in [6.45, 7) is 4.63. The van der Waals surface area contributed by atoms with Gasteiger partial charge in [-0.05, 0) is 25.0 Å². The van der Waals surface area contributed by atoms with E-state index in [1.807, 2.05) is 6.07 Å². The Morgan fingerprint density at radius 2 is 2.41 bits per heavy atom. The van der Waals surface area contributed by atoms with Crippen LogP contribution in [-0.4, -0.2) is 15.9 Å². The summed E-state index contributed by atoms with van der Waals surface area (Å²) in [5, 5.41) is 2.87. The third kappa shape index (κ3) is 2.74. The third-order valence-electron chi connectivity index (χ3n) is 2.62. The molecule has 0 fully saturated rings. The molecular formula is C12H15N3OS. The van der Waals surface area contributed by atoms with Crippen molar-refractivity contribution in [2.45, 2.75) is 26.8 Å². The third-order valence-corrected chi connectivity index (χ3v) is 3.71. The summed E-state index contributed by atoms with van der Waals surface area (Å²) in [4.78, 5) is 20.7. The molecule has 0 atom stereocenters. The molecule has 0 aliphatic heterocycles. The van der Waals surface area contributed by atoms with Crippen LogP contribution < -0.4 is 5.32 Å². The summed E-state index contributed by atoms with van der Waals surface area (Å²) in [6, 6.07) is 1.97. The minimum absolute atomic E-state index is 0.0209. The van der Waals surface area contributed by atoms with Crippen molar-refractivity contribution < 1.29 is 4.79 Å². The molecule has 90 valence electrons. The standard InChI is InChI=1S/C12H15N3OS/c1-3-9-4-11(17-8(9)2)12(16)14-6-10-5-13-7-15-10/h4-5,7H,3,6H2,1-2H3,(H,13,15)(H,14,16). The molecule has 17 heavy (non-hydrogen) atoms. The lowest BCUT2D eigenvalue weighted by molar-refractivity contribution is 0.0954. The Hall–Kier alpha value is -1.62. The van der Waals surface area contributed by atoms with Gasteiger partial charge in [-0.3, -0.25) is 4.79 Å². The zero-order chi connectivity index (χ0) is 12.3. The Bertz CT molecular complexity index is 502. The van der Waals surface area contributed by atoms with E-state index < -0.39 is 0 Å². The number of nitrogens with zero attached hydrogens (tertiary/aromatic N) is 1. The number of amides is 1. The molecule has 2 aromatic heterocycles. The van der Waals surface area contributed by atoms with Gasteiger partial charge in [-0.1, -0.05) is 6.92 Å². The maximum Gasteiger partial charge on any atom is 0.261 e. The van der Waals surface area contributed by atoms with E-state index in [0.717, 1.165) is 17.0 Å². The molecule has 0 saturated heterocycles. The van der Waals surface area contributed by atoms with Gasteiger partial charge in [0.1, 0.15) is 0 Å². The van der Waals surface area contributed by atoms with Gasteiger partial charge in [0.25, 0.3) is 5.91 Å². The first-order chi connectivity index (χ1) is 8.20. The molecule has 2 rings (SSSR count). The van der Waals surface area contributed by atoms with E-state index >= 15 is 0 Å². The topological polar surface area (TPSA) is 57.8 Å². The van der Waals surface area contributed by atoms with Gasteiger partial charge >= 0.3 is 0 Å². The first-order valence-electron chi connectivity index (χ1n) is 5.55. The fraction of sp³-hybridized carbons (Fsp3) is 0.333. The summed E-state index contributed by atoms with van der Waals surface area (Å²) >= 11 is 1.55. The van der Waals surface area contributed by atoms with E-state index in [9.17, 15) is 4.79 Å². The second-order valence-electron chi connectivity index (χ2n) is 3.81. The number of hydrogen-bond donors (Lipinski definition) is 2. The summed E-state index contributed by atoms with van der Waals surface area (Å²) < 4.78 is 0. The van der Waals surface area contributed by atoms with Crippen LogP contribution in [0.5, 0.6) is 0 Å². The number of rotatable bonds is 4. The van der Waals surface area contributed by atoms with Crippen molar-refractivity contribution in [3.05, 3.63) is 39.6 Å². The number of aromatic nitrogens is 2. The molecule has 0 bridgehead atoms. The summed E-state index contributed by atoms with van der Waals surface area (Å²) in [7, 11) is 0. The minimum Gasteiger partial charge on any atom is -0.347 e. The Balaban J connectivity index is 1.99. The number of carbonyl (C=O) groups is 1. The molecule has 0 radical (unpaired) electrons. The zero-order valence-corrected chi connectivity index (χ0v) is 10.7. The quantitative estimate of drug-likeness (QED) is 0.873. The first kappa shape index (κ1) is 11.9. The fourth-order valence-electron chi connectivity index (χ4n) is 1.63. The van der Waals surface area contributed by atoms with E-state index in [2.05, 4.69) is 29.1 Å². The highest BCUT2D eigenvalue weighted by Gasteiger charge is 2.11. The summed E-state index contributed by atoms with van der Waals surface area (Å²) in [6.07, 6.45) is 4.28. The van der Waals surface area contributed by atoms with Gasteiger partial charge in [0.2, 0.25) is 0 Å². The van der Waals surface area contributed by atoms with Crippen LogP contribution in [0.4, 0.5) is 0 Å². The Morgan fingerprint density at radius 1 is 1.59 bits per heavy atom. The van der Waals surface area contributed by atoms with Crippen molar-refractivity contribution in [1.29, 1.82) is 0 Å². The zero-order valence-electron chi connectivity index (χ0n) is 9.91. The van der Waals surface area contributed by atoms with Crippen LogP contribution in [0, 0.1) is 6.92 Å². The van der Waals surface area contributed by atoms with Crippen LogP contribution in [0.2, 0.25) is 0 Å². The van der Waals surface area contributed by atoms with Crippen molar-refractivity contribution >= 4 is 17.2 Å². The van der Waals surface area contributed by atoms with Crippen molar-refractivity contribution in [1.82, 2.24) is 15.3 Å². The number of imidazole rings is 1. The molecule has 1 amide bonds. The van der Waals surface area contributed by atoms with Gasteiger partial charge in [-0.15, -0.1) is 11.3 Å². The molecule has 0 unspecified atom stereocenters. The molecule has 2 N–H and O–H groups in total. The van der Waals surface area contributed by atoms with Crippen LogP contribution in [0.1, 0.15) is 32.7 Å². The van der Waals surface area contributed by atoms with Crippen LogP contribution in [0.15, 0.2) is 18.6 Å². The molecule has 0 aliphatic rings. The minimum atomic E-state index is -0.0209. The predicted octanol–water partition coefficient (Wildman–Crippen LogP) is 2.27. The molecule has 2 heterocycles. The fourth-order valence-corrected chi connectivity index (χ4v) is 2.66. The molecule has 5 heteroatoms. The number of hydrogen-bond acceptors (Lipinski definition) is 3. The monoisotopic (exact) mass is 249 g/mol. The average Bonchev–Trinajstić information content (AvgIpc) is 2.94. The van der Waals surface area contributed by atoms with Gasteiger partial charge in [0.05, 0.1) is 23.4 Å². The lowest BCUT2D eigenvalue weighted by Crippen LogP contribution is -2.21. The number of aryl methyl sites for hydroxylation is 2. The van der Waals surface area contributed by atoms with Gasteiger partial charge in [0.15, 0.2) is 0 Å². The number of carbonyl (C=O) groups excluding carboxylic acids is 1. The average molecular weight is 249 g/mol. The van der Waals surface area contributed by atoms with Crippen LogP contribution in [-0.2, 0) is 13.0 Å². The molecule has 4 nitrogen and oxygen atoms in total. The van der Waals surface area contributed by atoms with E-state index in [4.69, 9.17) is 0 Å². The van der Waals surface area contributed by atoms with E-state index in [1.54, 1.807) is 23.9 Å². The molecular weight excluding hydrogens is 234 g/mol. The molecule has 2 aromatic rings. The lowest BCUT2D eigenvalue weighted by atomic mass is 10.2. The number of H-pyrrole nitrogens is 1. The van der Waals surface area contributed by atoms with E-state index in [-0.39, 0.29) is 5.91 Å². The molecule has 0 aromatic carbocycles. The van der Waals surface area contributed by atoms with Crippen LogP contribution in [0.3, 0.4) is 0 Å². The number of nitrogens with one attached hydrogen (secondary N) is 2. The van der Waals surface area contributed by atoms with Gasteiger partial charge < -0.3 is 10.3 Å². The van der Waals surface area contributed by atoms with Gasteiger partial charge in [-0.25, -0.2) is 4.98 Å². The van der Waals surface area contributed by atoms with Gasteiger partial charge in [0, 0.05) is 11.1 Å². The smallest absolute Gasteiger partial charge is 0.261 e. The summed E-state index contributed by atoms with van der Waals surface area (Å²) in [5.74, 6) is -0.0209. The number of aromatic amines is 1. The largest absolute Gasteiger partial charge is 0.347 e. The highest BCUT2D eigenvalue weighted by Crippen LogP contribution is 2.21. The Morgan fingerprint density at radius 3 is 3.00 bits per heavy atom. The van der Waals surface area contributed by atoms with Crippen molar-refractivity contribution in [3.63, 3.8) is 0 Å². The second kappa shape index (κ2) is 5.14. The van der Waals surface area contributed by atoms with Crippen molar-refractivity contribution in [3.8, 4) is 0 Å². The molecule has 0 spiro atoms. The van der Waals surface area contributed by atoms with E-state index in [0.29, 0.717) is 6.54 Å². The maximum absolute atomic E-state index is 11.9. The maximum atomic E-state index is 11.9. The first-order valence-corrected chi connectivity index (χ1v) is 6.37. The van der Waals surface area contributed by atoms with Crippen molar-refractivity contribution in [2.75, 3.05) is 0 Å². The SMILES string of the molecule is CCc1cc(C(=O)NCc2cnc[nH]2)sc1C. The highest BCUT2D eigenvalue weighted by molar-refractivity contribution is 7.14. The summed E-state index contributed by atoms with van der Waals surface area (Å²) in [5.41, 5.74) is 2.16. The highest BCUT2D eigenvalue weighted by atomic mass is 32.1. The molecule has 0 saturated carbocycles. The molecule has 0 aliphatic carbocycles.